The van der Waals surface area contributed by atoms with Crippen molar-refractivity contribution in [3.63, 3.8) is 0 Å². The monoisotopic (exact) mass is 748 g/mol. The molecule has 1 spiro atoms. The molecular formula is C36H41BrN6O7. The summed E-state index contributed by atoms with van der Waals surface area (Å²) in [6.45, 7) is 8.92. The first-order chi connectivity index (χ1) is 24.1. The maximum Gasteiger partial charge on any atom is 0.313 e. The number of rotatable bonds is 15. The van der Waals surface area contributed by atoms with Crippen molar-refractivity contribution in [2.45, 2.75) is 67.6 Å². The first-order valence-corrected chi connectivity index (χ1v) is 17.6. The lowest BCUT2D eigenvalue weighted by Gasteiger charge is -2.38. The van der Waals surface area contributed by atoms with Crippen LogP contribution in [0.3, 0.4) is 0 Å². The number of esters is 1. The number of amides is 3. The second-order valence-electron chi connectivity index (χ2n) is 13.0. The number of aliphatic hydroxyl groups is 1. The van der Waals surface area contributed by atoms with Crippen LogP contribution in [0.5, 0.6) is 0 Å². The highest BCUT2D eigenvalue weighted by molar-refractivity contribution is 9.09. The summed E-state index contributed by atoms with van der Waals surface area (Å²) in [4.78, 5) is 58.5. The number of nitrogens with zero attached hydrogens (tertiary/aromatic N) is 5. The minimum Gasteiger partial charge on any atom is -0.455 e. The van der Waals surface area contributed by atoms with Crippen molar-refractivity contribution in [1.82, 2.24) is 30.1 Å². The van der Waals surface area contributed by atoms with E-state index >= 15 is 0 Å². The molecule has 3 aromatic rings. The molecule has 2 N–H and O–H groups in total. The smallest absolute Gasteiger partial charge is 0.313 e. The van der Waals surface area contributed by atoms with Gasteiger partial charge >= 0.3 is 5.97 Å². The molecule has 3 aliphatic heterocycles. The summed E-state index contributed by atoms with van der Waals surface area (Å²) in [5.41, 5.74) is 0.668. The van der Waals surface area contributed by atoms with Gasteiger partial charge in [0.1, 0.15) is 29.9 Å². The zero-order valence-electron chi connectivity index (χ0n) is 27.8. The molecule has 50 heavy (non-hydrogen) atoms. The van der Waals surface area contributed by atoms with Crippen molar-refractivity contribution in [3.8, 4) is 0 Å². The van der Waals surface area contributed by atoms with Crippen LogP contribution in [0.25, 0.3) is 11.0 Å². The van der Waals surface area contributed by atoms with Crippen LogP contribution < -0.4 is 5.32 Å². The molecule has 3 aliphatic rings. The Balaban J connectivity index is 1.31. The fourth-order valence-corrected chi connectivity index (χ4v) is 8.49. The van der Waals surface area contributed by atoms with Gasteiger partial charge in [-0.15, -0.1) is 18.3 Å². The molecule has 13 nitrogen and oxygen atoms in total. The molecule has 264 valence electrons. The van der Waals surface area contributed by atoms with Gasteiger partial charge < -0.3 is 29.7 Å². The molecule has 2 bridgehead atoms. The topological polar surface area (TPSA) is 156 Å². The highest BCUT2D eigenvalue weighted by Crippen LogP contribution is 2.61. The predicted octanol–water partition coefficient (Wildman–Crippen LogP) is 2.90. The van der Waals surface area contributed by atoms with E-state index in [0.29, 0.717) is 17.5 Å². The molecule has 4 heterocycles. The molecule has 1 unspecified atom stereocenters. The Bertz CT molecular complexity index is 1770. The average Bonchev–Trinajstić information content (AvgIpc) is 3.85. The lowest BCUT2D eigenvalue weighted by atomic mass is 9.70. The van der Waals surface area contributed by atoms with Gasteiger partial charge in [0.15, 0.2) is 0 Å². The number of aromatic nitrogens is 3. The molecular weight excluding hydrogens is 708 g/mol. The summed E-state index contributed by atoms with van der Waals surface area (Å²) < 4.78 is 14.4. The fraction of sp³-hybridized carbons (Fsp3) is 0.444. The molecule has 14 heteroatoms. The predicted molar refractivity (Wildman–Crippen MR) is 186 cm³/mol. The van der Waals surface area contributed by atoms with Gasteiger partial charge in [-0.25, -0.2) is 4.68 Å². The Morgan fingerprint density at radius 1 is 1.18 bits per heavy atom. The maximum atomic E-state index is 14.8. The van der Waals surface area contributed by atoms with E-state index < -0.39 is 66.1 Å². The molecule has 3 fully saturated rings. The second kappa shape index (κ2) is 14.8. The Morgan fingerprint density at radius 2 is 1.92 bits per heavy atom. The Labute approximate surface area is 298 Å². The number of nitrogens with one attached hydrogen (secondary N) is 1. The third-order valence-electron chi connectivity index (χ3n) is 9.85. The number of halogens is 1. The number of likely N-dealkylation sites (tertiary alicyclic amines) is 1. The molecule has 0 aliphatic carbocycles. The van der Waals surface area contributed by atoms with E-state index in [0.717, 1.165) is 5.52 Å². The highest BCUT2D eigenvalue weighted by atomic mass is 79.9. The lowest BCUT2D eigenvalue weighted by molar-refractivity contribution is -0.161. The van der Waals surface area contributed by atoms with Crippen LogP contribution in [0.4, 0.5) is 0 Å². The number of carbonyl (C=O) groups excluding carboxylic acids is 4. The molecule has 1 aromatic heterocycles. The molecule has 2 aromatic carbocycles. The van der Waals surface area contributed by atoms with Crippen LogP contribution in [0.15, 0.2) is 79.9 Å². The summed E-state index contributed by atoms with van der Waals surface area (Å²) >= 11 is 3.69. The van der Waals surface area contributed by atoms with Crippen LogP contribution in [-0.2, 0) is 35.3 Å². The Morgan fingerprint density at radius 3 is 2.64 bits per heavy atom. The van der Waals surface area contributed by atoms with E-state index in [4.69, 9.17) is 9.47 Å². The van der Waals surface area contributed by atoms with Crippen molar-refractivity contribution in [3.05, 3.63) is 85.5 Å². The highest BCUT2D eigenvalue weighted by Gasteiger charge is 2.77. The first-order valence-electron chi connectivity index (χ1n) is 16.7. The number of aliphatic hydroxyl groups excluding tert-OH is 1. The van der Waals surface area contributed by atoms with E-state index in [-0.39, 0.29) is 43.3 Å². The van der Waals surface area contributed by atoms with Crippen molar-refractivity contribution in [2.24, 2.45) is 11.8 Å². The quantitative estimate of drug-likeness (QED) is 0.136. The van der Waals surface area contributed by atoms with Crippen LogP contribution in [0.2, 0.25) is 0 Å². The second-order valence-corrected chi connectivity index (χ2v) is 14.2. The number of allylic oxidation sites excluding steroid dienone is 1. The number of para-hydroxylation sites is 1. The largest absolute Gasteiger partial charge is 0.455 e. The van der Waals surface area contributed by atoms with E-state index in [1.165, 1.54) is 9.80 Å². The summed E-state index contributed by atoms with van der Waals surface area (Å²) in [6, 6.07) is 14.5. The Hall–Kier alpha value is -4.40. The molecule has 3 amide bonds. The van der Waals surface area contributed by atoms with Crippen molar-refractivity contribution in [1.29, 1.82) is 0 Å². The average molecular weight is 750 g/mol. The Kier molecular flexibility index (Phi) is 10.5. The number of ether oxygens (including phenoxy) is 2. The van der Waals surface area contributed by atoms with Crippen LogP contribution in [0.1, 0.15) is 37.9 Å². The molecule has 0 saturated carbocycles. The van der Waals surface area contributed by atoms with Gasteiger partial charge in [0.2, 0.25) is 17.7 Å². The molecule has 3 saturated heterocycles. The number of alkyl halides is 1. The maximum absolute atomic E-state index is 14.8. The van der Waals surface area contributed by atoms with Crippen LogP contribution >= 0.6 is 15.9 Å². The number of benzene rings is 2. The summed E-state index contributed by atoms with van der Waals surface area (Å²) in [6.07, 6.45) is 2.66. The standard InChI is InChI=1S/C36H41BrN6O7/c1-4-6-16-28(45)38-19-27(23-12-8-7-9-13-23)49-35(48)29-30-33(46)43(22(3)20-44)32(36(30)18-24(37)31(29)50-36)34(47)41(17-5-2)21-42-26-15-11-10-14-25(26)39-40-42/h4-5,7-15,22,24,27,29-32,44H,1-2,6,16-21H2,3H3,(H,38,45)/t22-,24?,27+,29-,30+,31-,32-,36+/m1/s1. The zero-order valence-corrected chi connectivity index (χ0v) is 29.4. The zero-order chi connectivity index (χ0) is 35.6. The van der Waals surface area contributed by atoms with Crippen molar-refractivity contribution >= 4 is 50.7 Å². The SMILES string of the molecule is C=CCCC(=O)NC[C@H](OC(=O)[C@H]1[C@@H]2O[C@@]3(CC2Br)[C@@H]1C(=O)N([C@H](C)CO)[C@@H]3C(=O)N(CC=C)Cn1nnc2ccccc21)c1ccccc1. The third-order valence-corrected chi connectivity index (χ3v) is 10.7. The third kappa shape index (κ3) is 6.35. The lowest BCUT2D eigenvalue weighted by Crippen LogP contribution is -2.58. The first kappa shape index (κ1) is 35.4. The van der Waals surface area contributed by atoms with Crippen LogP contribution in [-0.4, -0.2) is 102 Å². The number of fused-ring (bicyclic) bond motifs is 2. The van der Waals surface area contributed by atoms with Gasteiger partial charge in [-0.1, -0.05) is 75.8 Å². The molecule has 0 radical (unpaired) electrons. The summed E-state index contributed by atoms with van der Waals surface area (Å²) in [7, 11) is 0. The van der Waals surface area contributed by atoms with Gasteiger partial charge in [-0.2, -0.15) is 0 Å². The van der Waals surface area contributed by atoms with E-state index in [2.05, 4.69) is 44.7 Å². The van der Waals surface area contributed by atoms with Crippen LogP contribution in [0, 0.1) is 11.8 Å². The van der Waals surface area contributed by atoms with E-state index in [9.17, 15) is 24.3 Å². The van der Waals surface area contributed by atoms with Gasteiger partial charge in [-0.3, -0.25) is 19.2 Å². The van der Waals surface area contributed by atoms with Gasteiger partial charge in [0.05, 0.1) is 42.6 Å². The summed E-state index contributed by atoms with van der Waals surface area (Å²) in [5.74, 6) is -3.88. The van der Waals surface area contributed by atoms with E-state index in [1.54, 1.807) is 35.9 Å². The molecule has 6 rings (SSSR count). The van der Waals surface area contributed by atoms with Gasteiger partial charge in [-0.05, 0) is 37.5 Å². The van der Waals surface area contributed by atoms with Crippen molar-refractivity contribution < 1.29 is 33.8 Å². The summed E-state index contributed by atoms with van der Waals surface area (Å²) in [5, 5.41) is 21.6. The number of carbonyl (C=O) groups is 4. The van der Waals surface area contributed by atoms with E-state index in [1.807, 2.05) is 42.5 Å². The van der Waals surface area contributed by atoms with Gasteiger partial charge in [0, 0.05) is 17.8 Å². The number of hydrogen-bond acceptors (Lipinski definition) is 9. The number of hydrogen-bond donors (Lipinski definition) is 2. The minimum absolute atomic E-state index is 0.0159. The molecule has 8 atom stereocenters. The normalized spacial score (nSPS) is 26.3. The fourth-order valence-electron chi connectivity index (χ4n) is 7.55. The minimum atomic E-state index is -1.38. The van der Waals surface area contributed by atoms with Gasteiger partial charge in [0.25, 0.3) is 0 Å². The van der Waals surface area contributed by atoms with Crippen molar-refractivity contribution in [2.75, 3.05) is 19.7 Å².